The van der Waals surface area contributed by atoms with Crippen molar-refractivity contribution in [2.45, 2.75) is 38.5 Å². The lowest BCUT2D eigenvalue weighted by Crippen LogP contribution is -2.19. The number of hydrogen-bond acceptors (Lipinski definition) is 3. The molecular formula is C16H17BrN2O2. The molecule has 1 aliphatic rings. The summed E-state index contributed by atoms with van der Waals surface area (Å²) >= 11 is 3.42. The van der Waals surface area contributed by atoms with E-state index < -0.39 is 0 Å². The van der Waals surface area contributed by atoms with Crippen molar-refractivity contribution in [1.82, 2.24) is 4.98 Å². The zero-order valence-electron chi connectivity index (χ0n) is 11.9. The summed E-state index contributed by atoms with van der Waals surface area (Å²) < 4.78 is 6.60. The summed E-state index contributed by atoms with van der Waals surface area (Å²) in [6.45, 7) is 1.87. The van der Waals surface area contributed by atoms with Crippen LogP contribution in [0.25, 0.3) is 0 Å². The standard InChI is InChI=1S/C16H17BrN2O2/c1-10(11-5-4-6-12(17)9-11)15(20)19-16-18-13-7-2-3-8-14(13)21-16/h4-6,9-10H,2-3,7-8H2,1H3,(H,18,19,20). The van der Waals surface area contributed by atoms with E-state index >= 15 is 0 Å². The van der Waals surface area contributed by atoms with Gasteiger partial charge in [-0.1, -0.05) is 28.1 Å². The van der Waals surface area contributed by atoms with Gasteiger partial charge in [0.05, 0.1) is 11.6 Å². The van der Waals surface area contributed by atoms with Gasteiger partial charge in [-0.2, -0.15) is 4.98 Å². The zero-order valence-corrected chi connectivity index (χ0v) is 13.4. The minimum atomic E-state index is -0.258. The third-order valence-corrected chi connectivity index (χ3v) is 4.31. The number of carbonyl (C=O) groups is 1. The van der Waals surface area contributed by atoms with E-state index in [1.807, 2.05) is 31.2 Å². The molecule has 2 aromatic rings. The molecule has 1 aliphatic carbocycles. The maximum Gasteiger partial charge on any atom is 0.301 e. The lowest BCUT2D eigenvalue weighted by atomic mass is 10.0. The molecule has 1 heterocycles. The number of nitrogens with zero attached hydrogens (tertiary/aromatic N) is 1. The number of nitrogens with one attached hydrogen (secondary N) is 1. The van der Waals surface area contributed by atoms with E-state index in [0.717, 1.165) is 47.2 Å². The second kappa shape index (κ2) is 6.02. The average Bonchev–Trinajstić information content (AvgIpc) is 2.88. The Morgan fingerprint density at radius 3 is 2.95 bits per heavy atom. The summed E-state index contributed by atoms with van der Waals surface area (Å²) in [6, 6.07) is 8.08. The molecular weight excluding hydrogens is 332 g/mol. The van der Waals surface area contributed by atoms with E-state index in [-0.39, 0.29) is 11.8 Å². The van der Waals surface area contributed by atoms with Crippen LogP contribution in [-0.2, 0) is 17.6 Å². The van der Waals surface area contributed by atoms with Crippen LogP contribution < -0.4 is 5.32 Å². The molecule has 5 heteroatoms. The van der Waals surface area contributed by atoms with Crippen LogP contribution in [0.3, 0.4) is 0 Å². The van der Waals surface area contributed by atoms with Gasteiger partial charge in [-0.05, 0) is 43.9 Å². The van der Waals surface area contributed by atoms with E-state index in [1.165, 1.54) is 0 Å². The van der Waals surface area contributed by atoms with Crippen molar-refractivity contribution in [3.8, 4) is 0 Å². The molecule has 1 N–H and O–H groups in total. The predicted octanol–water partition coefficient (Wildman–Crippen LogP) is 4.06. The summed E-state index contributed by atoms with van der Waals surface area (Å²) in [5.41, 5.74) is 1.95. The quantitative estimate of drug-likeness (QED) is 0.909. The molecule has 1 amide bonds. The third kappa shape index (κ3) is 3.18. The van der Waals surface area contributed by atoms with Gasteiger partial charge in [-0.3, -0.25) is 10.1 Å². The number of rotatable bonds is 3. The fourth-order valence-corrected chi connectivity index (χ4v) is 2.96. The van der Waals surface area contributed by atoms with Crippen LogP contribution in [-0.4, -0.2) is 10.9 Å². The van der Waals surface area contributed by atoms with Gasteiger partial charge in [0, 0.05) is 10.9 Å². The number of aromatic nitrogens is 1. The smallest absolute Gasteiger partial charge is 0.301 e. The highest BCUT2D eigenvalue weighted by atomic mass is 79.9. The Kier molecular flexibility index (Phi) is 4.10. The van der Waals surface area contributed by atoms with Gasteiger partial charge in [0.25, 0.3) is 0 Å². The van der Waals surface area contributed by atoms with Crippen LogP contribution in [0.5, 0.6) is 0 Å². The summed E-state index contributed by atoms with van der Waals surface area (Å²) in [4.78, 5) is 16.7. The Morgan fingerprint density at radius 2 is 2.19 bits per heavy atom. The lowest BCUT2D eigenvalue weighted by molar-refractivity contribution is -0.117. The summed E-state index contributed by atoms with van der Waals surface area (Å²) in [5.74, 6) is 0.560. The van der Waals surface area contributed by atoms with Crippen molar-refractivity contribution in [1.29, 1.82) is 0 Å². The van der Waals surface area contributed by atoms with Crippen LogP contribution >= 0.6 is 15.9 Å². The van der Waals surface area contributed by atoms with Gasteiger partial charge >= 0.3 is 6.01 Å². The van der Waals surface area contributed by atoms with Gasteiger partial charge in [-0.25, -0.2) is 0 Å². The second-order valence-corrected chi connectivity index (χ2v) is 6.28. The van der Waals surface area contributed by atoms with E-state index in [2.05, 4.69) is 26.2 Å². The number of hydrogen-bond donors (Lipinski definition) is 1. The van der Waals surface area contributed by atoms with Crippen molar-refractivity contribution in [3.05, 3.63) is 45.8 Å². The molecule has 1 atom stereocenters. The number of carbonyl (C=O) groups excluding carboxylic acids is 1. The third-order valence-electron chi connectivity index (χ3n) is 3.82. The van der Waals surface area contributed by atoms with Crippen LogP contribution in [0.1, 0.15) is 42.7 Å². The molecule has 0 radical (unpaired) electrons. The monoisotopic (exact) mass is 348 g/mol. The van der Waals surface area contributed by atoms with Crippen molar-refractivity contribution in [2.75, 3.05) is 5.32 Å². The normalized spacial score (nSPS) is 15.3. The topological polar surface area (TPSA) is 55.1 Å². The Labute approximate surface area is 132 Å². The van der Waals surface area contributed by atoms with E-state index in [0.29, 0.717) is 6.01 Å². The number of oxazole rings is 1. The maximum absolute atomic E-state index is 12.3. The molecule has 0 aliphatic heterocycles. The number of amides is 1. The summed E-state index contributed by atoms with van der Waals surface area (Å²) in [7, 11) is 0. The molecule has 0 bridgehead atoms. The van der Waals surface area contributed by atoms with Gasteiger partial charge in [0.2, 0.25) is 5.91 Å². The Morgan fingerprint density at radius 1 is 1.38 bits per heavy atom. The molecule has 1 unspecified atom stereocenters. The van der Waals surface area contributed by atoms with Gasteiger partial charge in [0.15, 0.2) is 0 Å². The highest BCUT2D eigenvalue weighted by Crippen LogP contribution is 2.25. The first-order valence-corrected chi connectivity index (χ1v) is 7.97. The first-order valence-electron chi connectivity index (χ1n) is 7.18. The van der Waals surface area contributed by atoms with Gasteiger partial charge in [0.1, 0.15) is 5.76 Å². The van der Waals surface area contributed by atoms with Crippen LogP contribution in [0.2, 0.25) is 0 Å². The molecule has 0 saturated heterocycles. The maximum atomic E-state index is 12.3. The molecule has 1 aromatic heterocycles. The van der Waals surface area contributed by atoms with Gasteiger partial charge < -0.3 is 4.42 Å². The minimum Gasteiger partial charge on any atom is -0.428 e. The van der Waals surface area contributed by atoms with Gasteiger partial charge in [-0.15, -0.1) is 0 Å². The van der Waals surface area contributed by atoms with Crippen LogP contribution in [0.15, 0.2) is 33.2 Å². The largest absolute Gasteiger partial charge is 0.428 e. The molecule has 0 fully saturated rings. The Hall–Kier alpha value is -1.62. The minimum absolute atomic E-state index is 0.105. The molecule has 21 heavy (non-hydrogen) atoms. The Bertz CT molecular complexity index is 643. The highest BCUT2D eigenvalue weighted by molar-refractivity contribution is 9.10. The molecule has 3 rings (SSSR count). The Balaban J connectivity index is 1.72. The fraction of sp³-hybridized carbons (Fsp3) is 0.375. The number of aryl methyl sites for hydroxylation is 2. The van der Waals surface area contributed by atoms with Crippen molar-refractivity contribution in [3.63, 3.8) is 0 Å². The summed E-state index contributed by atoms with van der Waals surface area (Å²) in [5, 5.41) is 2.78. The number of fused-ring (bicyclic) bond motifs is 1. The van der Waals surface area contributed by atoms with Crippen LogP contribution in [0.4, 0.5) is 6.01 Å². The second-order valence-electron chi connectivity index (χ2n) is 5.36. The SMILES string of the molecule is CC(C(=O)Nc1nc2c(o1)CCCC2)c1cccc(Br)c1. The fourth-order valence-electron chi connectivity index (χ4n) is 2.55. The summed E-state index contributed by atoms with van der Waals surface area (Å²) in [6.07, 6.45) is 4.13. The predicted molar refractivity (Wildman–Crippen MR) is 84.3 cm³/mol. The molecule has 4 nitrogen and oxygen atoms in total. The molecule has 0 saturated carbocycles. The van der Waals surface area contributed by atoms with E-state index in [1.54, 1.807) is 0 Å². The molecule has 110 valence electrons. The number of halogens is 1. The average molecular weight is 349 g/mol. The first kappa shape index (κ1) is 14.3. The first-order chi connectivity index (χ1) is 10.1. The number of benzene rings is 1. The van der Waals surface area contributed by atoms with E-state index in [4.69, 9.17) is 4.42 Å². The lowest BCUT2D eigenvalue weighted by Gasteiger charge is -2.10. The zero-order chi connectivity index (χ0) is 14.8. The van der Waals surface area contributed by atoms with Crippen LogP contribution in [0, 0.1) is 0 Å². The number of anilines is 1. The van der Waals surface area contributed by atoms with Crippen molar-refractivity contribution >= 4 is 27.9 Å². The highest BCUT2D eigenvalue weighted by Gasteiger charge is 2.21. The molecule has 1 aromatic carbocycles. The molecule has 0 spiro atoms. The van der Waals surface area contributed by atoms with E-state index in [9.17, 15) is 4.79 Å². The van der Waals surface area contributed by atoms with Crippen molar-refractivity contribution < 1.29 is 9.21 Å². The van der Waals surface area contributed by atoms with Crippen molar-refractivity contribution in [2.24, 2.45) is 0 Å².